The number of carbonyl (C=O) groups is 1. The molecular formula is C15H10FNOS. The van der Waals surface area contributed by atoms with Gasteiger partial charge in [-0.05, 0) is 18.2 Å². The molecule has 1 heterocycles. The highest BCUT2D eigenvalue weighted by Crippen LogP contribution is 2.33. The Hall–Kier alpha value is -2.07. The van der Waals surface area contributed by atoms with E-state index >= 15 is 0 Å². The van der Waals surface area contributed by atoms with Gasteiger partial charge in [-0.1, -0.05) is 42.1 Å². The fourth-order valence-corrected chi connectivity index (χ4v) is 2.90. The predicted molar refractivity (Wildman–Crippen MR) is 74.2 cm³/mol. The molecule has 0 atom stereocenters. The molecule has 2 nitrogen and oxygen atoms in total. The molecule has 1 aromatic heterocycles. The van der Waals surface area contributed by atoms with Crippen LogP contribution < -0.4 is 0 Å². The van der Waals surface area contributed by atoms with Crippen LogP contribution >= 0.6 is 11.8 Å². The lowest BCUT2D eigenvalue weighted by Gasteiger charge is -2.03. The number of carbonyl (C=O) groups excluding carboxylic acids is 1. The minimum absolute atomic E-state index is 0.351. The molecule has 0 spiro atoms. The molecule has 3 aromatic rings. The molecule has 0 saturated heterocycles. The van der Waals surface area contributed by atoms with Crippen LogP contribution in [0.5, 0.6) is 0 Å². The van der Waals surface area contributed by atoms with Crippen molar-refractivity contribution in [3.63, 3.8) is 0 Å². The molecule has 0 radical (unpaired) electrons. The molecule has 0 bridgehead atoms. The Morgan fingerprint density at radius 1 is 1.11 bits per heavy atom. The molecule has 1 N–H and O–H groups in total. The van der Waals surface area contributed by atoms with Crippen LogP contribution in [-0.4, -0.2) is 11.3 Å². The van der Waals surface area contributed by atoms with E-state index < -0.39 is 0 Å². The first-order valence-corrected chi connectivity index (χ1v) is 6.59. The van der Waals surface area contributed by atoms with Crippen molar-refractivity contribution in [3.8, 4) is 0 Å². The topological polar surface area (TPSA) is 32.9 Å². The van der Waals surface area contributed by atoms with E-state index in [-0.39, 0.29) is 5.82 Å². The largest absolute Gasteiger partial charge is 0.349 e. The normalized spacial score (nSPS) is 10.8. The third-order valence-corrected chi connectivity index (χ3v) is 3.92. The van der Waals surface area contributed by atoms with Crippen LogP contribution in [0.15, 0.2) is 58.5 Å². The minimum Gasteiger partial charge on any atom is -0.349 e. The molecule has 0 fully saturated rings. The number of aromatic nitrogens is 1. The Morgan fingerprint density at radius 2 is 1.95 bits per heavy atom. The zero-order chi connectivity index (χ0) is 13.2. The van der Waals surface area contributed by atoms with Crippen molar-refractivity contribution in [3.05, 3.63) is 59.9 Å². The SMILES string of the molecule is O=Cc1cccc(F)c1Sc1cc2ccccc2[nH]1. The van der Waals surface area contributed by atoms with Crippen LogP contribution in [0.1, 0.15) is 10.4 Å². The van der Waals surface area contributed by atoms with Gasteiger partial charge < -0.3 is 4.98 Å². The minimum atomic E-state index is -0.381. The first kappa shape index (κ1) is 12.0. The molecular weight excluding hydrogens is 261 g/mol. The molecule has 4 heteroatoms. The molecule has 0 aliphatic heterocycles. The second kappa shape index (κ2) is 4.90. The van der Waals surface area contributed by atoms with E-state index in [4.69, 9.17) is 0 Å². The second-order valence-electron chi connectivity index (χ2n) is 4.10. The maximum atomic E-state index is 13.8. The van der Waals surface area contributed by atoms with Gasteiger partial charge >= 0.3 is 0 Å². The summed E-state index contributed by atoms with van der Waals surface area (Å²) >= 11 is 1.23. The number of hydrogen-bond donors (Lipinski definition) is 1. The average Bonchev–Trinajstić information content (AvgIpc) is 2.83. The average molecular weight is 271 g/mol. The zero-order valence-corrected chi connectivity index (χ0v) is 10.7. The maximum absolute atomic E-state index is 13.8. The summed E-state index contributed by atoms with van der Waals surface area (Å²) in [6.07, 6.45) is 0.675. The number of nitrogens with one attached hydrogen (secondary N) is 1. The number of benzene rings is 2. The number of aromatic amines is 1. The predicted octanol–water partition coefficient (Wildman–Crippen LogP) is 4.27. The number of halogens is 1. The van der Waals surface area contributed by atoms with Crippen molar-refractivity contribution < 1.29 is 9.18 Å². The number of aldehydes is 1. The van der Waals surface area contributed by atoms with Gasteiger partial charge in [0.05, 0.1) is 9.92 Å². The van der Waals surface area contributed by atoms with E-state index in [0.29, 0.717) is 16.7 Å². The number of para-hydroxylation sites is 1. The molecule has 0 amide bonds. The molecule has 94 valence electrons. The number of fused-ring (bicyclic) bond motifs is 1. The van der Waals surface area contributed by atoms with Crippen molar-refractivity contribution in [2.24, 2.45) is 0 Å². The summed E-state index contributed by atoms with van der Waals surface area (Å²) in [7, 11) is 0. The van der Waals surface area contributed by atoms with Crippen LogP contribution in [0.4, 0.5) is 4.39 Å². The summed E-state index contributed by atoms with van der Waals surface area (Å²) in [5.74, 6) is -0.381. The molecule has 0 aliphatic carbocycles. The van der Waals surface area contributed by atoms with Gasteiger partial charge in [-0.15, -0.1) is 0 Å². The molecule has 2 aromatic carbocycles. The van der Waals surface area contributed by atoms with Crippen molar-refractivity contribution in [2.45, 2.75) is 9.92 Å². The first-order chi connectivity index (χ1) is 9.28. The van der Waals surface area contributed by atoms with Crippen LogP contribution in [0.25, 0.3) is 10.9 Å². The quantitative estimate of drug-likeness (QED) is 0.721. The second-order valence-corrected chi connectivity index (χ2v) is 5.15. The fourth-order valence-electron chi connectivity index (χ4n) is 1.94. The van der Waals surface area contributed by atoms with Gasteiger partial charge in [0.15, 0.2) is 6.29 Å². The van der Waals surface area contributed by atoms with Crippen LogP contribution in [0, 0.1) is 5.82 Å². The van der Waals surface area contributed by atoms with E-state index in [1.165, 1.54) is 23.9 Å². The van der Waals surface area contributed by atoms with Gasteiger partial charge in [0.1, 0.15) is 5.82 Å². The van der Waals surface area contributed by atoms with Gasteiger partial charge in [0, 0.05) is 16.5 Å². The summed E-state index contributed by atoms with van der Waals surface area (Å²) in [6.45, 7) is 0. The summed E-state index contributed by atoms with van der Waals surface area (Å²) < 4.78 is 13.8. The Kier molecular flexibility index (Phi) is 3.09. The monoisotopic (exact) mass is 271 g/mol. The Balaban J connectivity index is 2.03. The van der Waals surface area contributed by atoms with Crippen LogP contribution in [-0.2, 0) is 0 Å². The highest BCUT2D eigenvalue weighted by Gasteiger charge is 2.11. The van der Waals surface area contributed by atoms with Crippen molar-refractivity contribution >= 4 is 29.0 Å². The smallest absolute Gasteiger partial charge is 0.151 e. The highest BCUT2D eigenvalue weighted by atomic mass is 32.2. The summed E-state index contributed by atoms with van der Waals surface area (Å²) in [6, 6.07) is 14.3. The van der Waals surface area contributed by atoms with Crippen LogP contribution in [0.2, 0.25) is 0 Å². The van der Waals surface area contributed by atoms with Gasteiger partial charge in [-0.2, -0.15) is 0 Å². The van der Waals surface area contributed by atoms with E-state index in [2.05, 4.69) is 4.98 Å². The Bertz CT molecular complexity index is 718. The Labute approximate surface area is 113 Å². The van der Waals surface area contributed by atoms with Crippen LogP contribution in [0.3, 0.4) is 0 Å². The van der Waals surface area contributed by atoms with Gasteiger partial charge in [0.25, 0.3) is 0 Å². The molecule has 0 saturated carbocycles. The van der Waals surface area contributed by atoms with Crippen molar-refractivity contribution in [1.29, 1.82) is 0 Å². The van der Waals surface area contributed by atoms with E-state index in [1.807, 2.05) is 30.3 Å². The number of H-pyrrole nitrogens is 1. The third kappa shape index (κ3) is 2.27. The first-order valence-electron chi connectivity index (χ1n) is 5.77. The van der Waals surface area contributed by atoms with E-state index in [9.17, 15) is 9.18 Å². The summed E-state index contributed by atoms with van der Waals surface area (Å²) in [5, 5.41) is 1.88. The number of rotatable bonds is 3. The lowest BCUT2D eigenvalue weighted by molar-refractivity contribution is 0.112. The maximum Gasteiger partial charge on any atom is 0.151 e. The van der Waals surface area contributed by atoms with Crippen molar-refractivity contribution in [1.82, 2.24) is 4.98 Å². The lowest BCUT2D eigenvalue weighted by atomic mass is 10.2. The lowest BCUT2D eigenvalue weighted by Crippen LogP contribution is -1.89. The molecule has 0 aliphatic rings. The molecule has 19 heavy (non-hydrogen) atoms. The highest BCUT2D eigenvalue weighted by molar-refractivity contribution is 7.99. The van der Waals surface area contributed by atoms with Gasteiger partial charge in [0.2, 0.25) is 0 Å². The van der Waals surface area contributed by atoms with Gasteiger partial charge in [-0.25, -0.2) is 4.39 Å². The summed E-state index contributed by atoms with van der Waals surface area (Å²) in [5.41, 5.74) is 1.36. The molecule has 3 rings (SSSR count). The molecule has 0 unspecified atom stereocenters. The fraction of sp³-hybridized carbons (Fsp3) is 0. The third-order valence-electron chi connectivity index (χ3n) is 2.84. The van der Waals surface area contributed by atoms with E-state index in [0.717, 1.165) is 15.9 Å². The summed E-state index contributed by atoms with van der Waals surface area (Å²) in [4.78, 5) is 14.5. The van der Waals surface area contributed by atoms with E-state index in [1.54, 1.807) is 6.07 Å². The number of hydrogen-bond acceptors (Lipinski definition) is 2. The zero-order valence-electron chi connectivity index (χ0n) is 9.89. The van der Waals surface area contributed by atoms with Crippen molar-refractivity contribution in [2.75, 3.05) is 0 Å². The standard InChI is InChI=1S/C15H10FNOS/c16-12-6-3-5-11(9-18)15(12)19-14-8-10-4-1-2-7-13(10)17-14/h1-9,17H. The Morgan fingerprint density at radius 3 is 2.74 bits per heavy atom. The van der Waals surface area contributed by atoms with Gasteiger partial charge in [-0.3, -0.25) is 4.79 Å².